The minimum Gasteiger partial charge on any atom is -0.287 e. The van der Waals surface area contributed by atoms with Gasteiger partial charge in [0, 0.05) is 13.0 Å². The van der Waals surface area contributed by atoms with E-state index >= 15 is 0 Å². The van der Waals surface area contributed by atoms with E-state index in [1.807, 2.05) is 24.4 Å². The molecule has 0 spiro atoms. The van der Waals surface area contributed by atoms with Crippen molar-refractivity contribution in [2.45, 2.75) is 55.0 Å². The minimum absolute atomic E-state index is 0.697. The molecule has 0 aliphatic heterocycles. The maximum Gasteiger partial charge on any atom is 0.272 e. The first kappa shape index (κ1) is 21.8. The van der Waals surface area contributed by atoms with Crippen LogP contribution in [0.1, 0.15) is 44.8 Å². The van der Waals surface area contributed by atoms with Crippen molar-refractivity contribution in [3.8, 4) is 11.4 Å². The van der Waals surface area contributed by atoms with Crippen LogP contribution in [0.25, 0.3) is 11.4 Å². The molecule has 2 N–H and O–H groups in total. The number of aromatic nitrogens is 3. The van der Waals surface area contributed by atoms with E-state index in [4.69, 9.17) is 5.73 Å². The first-order valence-corrected chi connectivity index (χ1v) is 11.2. The third kappa shape index (κ3) is 3.81. The van der Waals surface area contributed by atoms with Crippen molar-refractivity contribution in [1.82, 2.24) is 4.57 Å². The summed E-state index contributed by atoms with van der Waals surface area (Å²) in [6.45, 7) is 16.0. The summed E-state index contributed by atoms with van der Waals surface area (Å²) >= 11 is 0. The molecule has 0 atom stereocenters. The van der Waals surface area contributed by atoms with E-state index in [0.717, 1.165) is 5.82 Å². The van der Waals surface area contributed by atoms with E-state index < -0.39 is 0 Å². The van der Waals surface area contributed by atoms with Gasteiger partial charge in [-0.3, -0.25) is 5.73 Å². The Bertz CT molecular complexity index is 1280. The summed E-state index contributed by atoms with van der Waals surface area (Å²) in [5, 5.41) is 0. The van der Waals surface area contributed by atoms with E-state index in [2.05, 4.69) is 92.8 Å². The van der Waals surface area contributed by atoms with Crippen molar-refractivity contribution < 1.29 is 9.13 Å². The van der Waals surface area contributed by atoms with Crippen LogP contribution in [0.2, 0.25) is 0 Å². The highest BCUT2D eigenvalue weighted by atomic mass is 15.2. The van der Waals surface area contributed by atoms with Crippen LogP contribution >= 0.6 is 0 Å². The van der Waals surface area contributed by atoms with Gasteiger partial charge in [-0.25, -0.2) is 4.57 Å². The van der Waals surface area contributed by atoms with Crippen LogP contribution in [-0.4, -0.2) is 4.57 Å². The first-order chi connectivity index (χ1) is 15.2. The van der Waals surface area contributed by atoms with Gasteiger partial charge in [-0.15, -0.1) is 0 Å². The fraction of sp³-hybridized carbons (Fsp3) is 0.286. The zero-order valence-electron chi connectivity index (χ0n) is 20.3. The van der Waals surface area contributed by atoms with Crippen LogP contribution in [0.5, 0.6) is 0 Å². The average Bonchev–Trinajstić information content (AvgIpc) is 2.98. The summed E-state index contributed by atoms with van der Waals surface area (Å²) in [5.41, 5.74) is 18.9. The topological polar surface area (TPSA) is 38.7 Å². The fourth-order valence-electron chi connectivity index (χ4n) is 5.09. The molecule has 4 heteroatoms. The number of anilines is 1. The summed E-state index contributed by atoms with van der Waals surface area (Å²) in [7, 11) is 0. The number of nitrogens with zero attached hydrogens (tertiary/aromatic N) is 3. The molecule has 164 valence electrons. The van der Waals surface area contributed by atoms with Crippen LogP contribution in [-0.2, 0) is 6.54 Å². The Kier molecular flexibility index (Phi) is 5.64. The monoisotopic (exact) mass is 426 g/mol. The highest BCUT2D eigenvalue weighted by molar-refractivity contribution is 5.51. The highest BCUT2D eigenvalue weighted by Gasteiger charge is 2.28. The molecular weight excluding hydrogens is 392 g/mol. The molecule has 0 saturated carbocycles. The number of hydrogen-bond acceptors (Lipinski definition) is 1. The van der Waals surface area contributed by atoms with Crippen molar-refractivity contribution in [3.63, 3.8) is 0 Å². The second-order valence-electron chi connectivity index (χ2n) is 9.14. The van der Waals surface area contributed by atoms with Gasteiger partial charge in [0.1, 0.15) is 11.4 Å². The zero-order valence-corrected chi connectivity index (χ0v) is 20.3. The molecule has 2 aromatic carbocycles. The van der Waals surface area contributed by atoms with Crippen molar-refractivity contribution in [2.24, 2.45) is 0 Å². The van der Waals surface area contributed by atoms with Gasteiger partial charge in [0.2, 0.25) is 0 Å². The number of nitrogen functional groups attached to an aromatic ring is 1. The molecule has 0 bridgehead atoms. The van der Waals surface area contributed by atoms with E-state index in [9.17, 15) is 0 Å². The average molecular weight is 427 g/mol. The Labute approximate surface area is 191 Å². The molecule has 32 heavy (non-hydrogen) atoms. The molecule has 2 aromatic heterocycles. The molecule has 0 saturated heterocycles. The van der Waals surface area contributed by atoms with Crippen LogP contribution < -0.4 is 14.9 Å². The van der Waals surface area contributed by atoms with Gasteiger partial charge in [-0.05, 0) is 69.9 Å². The first-order valence-electron chi connectivity index (χ1n) is 11.2. The molecule has 0 unspecified atom stereocenters. The van der Waals surface area contributed by atoms with Crippen LogP contribution in [0.4, 0.5) is 5.82 Å². The summed E-state index contributed by atoms with van der Waals surface area (Å²) in [5.74, 6) is 0.756. The van der Waals surface area contributed by atoms with Gasteiger partial charge in [0.15, 0.2) is 17.9 Å². The third-order valence-electron chi connectivity index (χ3n) is 6.35. The Morgan fingerprint density at radius 2 is 1.34 bits per heavy atom. The minimum atomic E-state index is 0.697. The number of nitrogens with two attached hydrogens (primary N) is 1. The quantitative estimate of drug-likeness (QED) is 0.466. The maximum absolute atomic E-state index is 6.32. The van der Waals surface area contributed by atoms with Gasteiger partial charge < -0.3 is 0 Å². The lowest BCUT2D eigenvalue weighted by Gasteiger charge is -2.10. The molecule has 0 amide bonds. The second-order valence-corrected chi connectivity index (χ2v) is 9.14. The van der Waals surface area contributed by atoms with Crippen LogP contribution in [0.3, 0.4) is 0 Å². The maximum atomic E-state index is 6.32. The largest absolute Gasteiger partial charge is 0.287 e. The fourth-order valence-corrected chi connectivity index (χ4v) is 5.09. The second kappa shape index (κ2) is 8.27. The molecule has 4 rings (SSSR count). The lowest BCUT2D eigenvalue weighted by atomic mass is 10.0. The summed E-state index contributed by atoms with van der Waals surface area (Å²) < 4.78 is 6.81. The standard InChI is InChI=1S/C28H33N4/c1-18-12-20(3)27(21(4)13-18)31-17-32(28-22(5)14-19(2)15-23(28)6)25(24(31)7)16-30-11-9-8-10-26(30)29/h8-15,17,29H,16H2,1-7H3/q+1/p+1. The van der Waals surface area contributed by atoms with E-state index in [1.54, 1.807) is 0 Å². The molecule has 4 aromatic rings. The normalized spacial score (nSPS) is 11.2. The Balaban J connectivity index is 2.01. The SMILES string of the molecule is Cc1cc(C)c(-n2c[n+](-c3c(C)cc(C)cc3C)c(C[n+]3ccccc3N)c2C)c(C)c1. The van der Waals surface area contributed by atoms with Crippen molar-refractivity contribution >= 4 is 5.82 Å². The van der Waals surface area contributed by atoms with Gasteiger partial charge >= 0.3 is 0 Å². The molecule has 0 aliphatic rings. The van der Waals surface area contributed by atoms with Crippen LogP contribution in [0, 0.1) is 48.5 Å². The van der Waals surface area contributed by atoms with Crippen LogP contribution in [0.15, 0.2) is 55.0 Å². The van der Waals surface area contributed by atoms with Gasteiger partial charge in [-0.1, -0.05) is 41.5 Å². The molecule has 0 fully saturated rings. The zero-order chi connectivity index (χ0) is 23.2. The predicted molar refractivity (Wildman–Crippen MR) is 131 cm³/mol. The number of benzene rings is 2. The smallest absolute Gasteiger partial charge is 0.272 e. The number of imidazole rings is 1. The van der Waals surface area contributed by atoms with Crippen molar-refractivity contribution in [2.75, 3.05) is 5.73 Å². The van der Waals surface area contributed by atoms with Crippen molar-refractivity contribution in [1.29, 1.82) is 0 Å². The molecule has 2 heterocycles. The summed E-state index contributed by atoms with van der Waals surface area (Å²) in [6.07, 6.45) is 4.30. The van der Waals surface area contributed by atoms with Gasteiger partial charge in [0.25, 0.3) is 12.1 Å². The number of pyridine rings is 1. The van der Waals surface area contributed by atoms with Gasteiger partial charge in [-0.2, -0.15) is 9.13 Å². The lowest BCUT2D eigenvalue weighted by Crippen LogP contribution is -2.44. The number of aryl methyl sites for hydroxylation is 6. The third-order valence-corrected chi connectivity index (χ3v) is 6.35. The number of rotatable bonds is 4. The molecular formula is C28H34N4+2. The molecule has 0 radical (unpaired) electrons. The Morgan fingerprint density at radius 1 is 0.781 bits per heavy atom. The molecule has 0 aliphatic carbocycles. The van der Waals surface area contributed by atoms with Crippen molar-refractivity contribution in [3.05, 3.63) is 99.8 Å². The Morgan fingerprint density at radius 3 is 1.91 bits per heavy atom. The van der Waals surface area contributed by atoms with E-state index in [1.165, 1.54) is 56.1 Å². The van der Waals surface area contributed by atoms with Gasteiger partial charge in [0.05, 0.1) is 6.20 Å². The molecule has 4 nitrogen and oxygen atoms in total. The summed E-state index contributed by atoms with van der Waals surface area (Å²) in [4.78, 5) is 0. The number of hydrogen-bond donors (Lipinski definition) is 1. The lowest BCUT2D eigenvalue weighted by molar-refractivity contribution is -0.704. The highest BCUT2D eigenvalue weighted by Crippen LogP contribution is 2.25. The van der Waals surface area contributed by atoms with E-state index in [0.29, 0.717) is 6.54 Å². The Hall–Kier alpha value is -3.40. The summed E-state index contributed by atoms with van der Waals surface area (Å²) in [6, 6.07) is 15.0. The van der Waals surface area contributed by atoms with E-state index in [-0.39, 0.29) is 0 Å². The predicted octanol–water partition coefficient (Wildman–Crippen LogP) is 4.83.